The van der Waals surface area contributed by atoms with Gasteiger partial charge in [-0.15, -0.1) is 29.0 Å². The zero-order valence-corrected chi connectivity index (χ0v) is 14.4. The van der Waals surface area contributed by atoms with Crippen molar-refractivity contribution in [1.82, 2.24) is 0 Å². The maximum Gasteiger partial charge on any atom is 0 e. The molecule has 0 unspecified atom stereocenters. The Kier molecular flexibility index (Phi) is 6.93. The normalized spacial score (nSPS) is 8.89. The molecule has 0 amide bonds. The van der Waals surface area contributed by atoms with Gasteiger partial charge in [0.15, 0.2) is 0 Å². The molecule has 0 saturated heterocycles. The maximum atomic E-state index is 2.18. The van der Waals surface area contributed by atoms with E-state index >= 15 is 0 Å². The molecule has 0 aromatic heterocycles. The minimum absolute atomic E-state index is 0. The number of rotatable bonds is 1. The third kappa shape index (κ3) is 3.02. The molecule has 0 aliphatic heterocycles. The van der Waals surface area contributed by atoms with Gasteiger partial charge >= 0.3 is 0 Å². The minimum Gasteiger partial charge on any atom is -0.358 e. The Morgan fingerprint density at radius 1 is 0.722 bits per heavy atom. The molecular weight excluding hydrogens is 383 g/mol. The Labute approximate surface area is 129 Å². The van der Waals surface area contributed by atoms with E-state index in [1.165, 1.54) is 21.9 Å². The summed E-state index contributed by atoms with van der Waals surface area (Å²) in [5.74, 6) is 0. The van der Waals surface area contributed by atoms with Gasteiger partial charge in [0.1, 0.15) is 0 Å². The summed E-state index contributed by atoms with van der Waals surface area (Å²) in [4.78, 5) is 0. The summed E-state index contributed by atoms with van der Waals surface area (Å²) in [6.45, 7) is 0. The molecule has 0 N–H and O–H groups in total. The van der Waals surface area contributed by atoms with Gasteiger partial charge in [0.2, 0.25) is 0 Å². The van der Waals surface area contributed by atoms with Crippen molar-refractivity contribution in [3.05, 3.63) is 81.6 Å². The van der Waals surface area contributed by atoms with Crippen LogP contribution in [0.3, 0.4) is 0 Å². The van der Waals surface area contributed by atoms with Gasteiger partial charge in [-0.3, -0.25) is 0 Å². The SMILES string of the molecule is [CH3-].[CH3-].[Hf].c1ccc(-c2cccc3[cH-]ccc23)cc1. The number of benzene rings is 2. The number of fused-ring (bicyclic) bond motifs is 1. The van der Waals surface area contributed by atoms with E-state index in [4.69, 9.17) is 0 Å². The van der Waals surface area contributed by atoms with Crippen LogP contribution in [-0.2, 0) is 25.8 Å². The third-order valence-electron chi connectivity index (χ3n) is 2.76. The Bertz CT molecular complexity index is 579. The van der Waals surface area contributed by atoms with E-state index in [0.29, 0.717) is 0 Å². The van der Waals surface area contributed by atoms with E-state index in [0.717, 1.165) is 0 Å². The molecule has 18 heavy (non-hydrogen) atoms. The number of hydrogen-bond donors (Lipinski definition) is 0. The van der Waals surface area contributed by atoms with Crippen molar-refractivity contribution in [2.45, 2.75) is 0 Å². The molecule has 0 saturated carbocycles. The van der Waals surface area contributed by atoms with Crippen molar-refractivity contribution >= 4 is 10.8 Å². The molecule has 0 bridgehead atoms. The van der Waals surface area contributed by atoms with Crippen LogP contribution < -0.4 is 0 Å². The van der Waals surface area contributed by atoms with E-state index in [2.05, 4.69) is 66.7 Å². The molecule has 0 aliphatic carbocycles. The zero-order chi connectivity index (χ0) is 10.1. The van der Waals surface area contributed by atoms with Gasteiger partial charge in [0.05, 0.1) is 0 Å². The van der Waals surface area contributed by atoms with Crippen molar-refractivity contribution in [2.75, 3.05) is 0 Å². The average molecular weight is 400 g/mol. The van der Waals surface area contributed by atoms with Gasteiger partial charge in [-0.05, 0) is 5.56 Å². The average Bonchev–Trinajstić information content (AvgIpc) is 2.78. The molecule has 0 spiro atoms. The van der Waals surface area contributed by atoms with Crippen LogP contribution in [0.4, 0.5) is 0 Å². The van der Waals surface area contributed by atoms with Crippen molar-refractivity contribution in [3.63, 3.8) is 0 Å². The van der Waals surface area contributed by atoms with Crippen LogP contribution in [0.25, 0.3) is 21.9 Å². The van der Waals surface area contributed by atoms with Gasteiger partial charge in [-0.25, -0.2) is 0 Å². The summed E-state index contributed by atoms with van der Waals surface area (Å²) < 4.78 is 0. The Morgan fingerprint density at radius 3 is 2.17 bits per heavy atom. The predicted molar refractivity (Wildman–Crippen MR) is 77.8 cm³/mol. The molecule has 0 atom stereocenters. The fraction of sp³-hybridized carbons (Fsp3) is 0. The van der Waals surface area contributed by atoms with Crippen molar-refractivity contribution in [1.29, 1.82) is 0 Å². The quantitative estimate of drug-likeness (QED) is 0.393. The van der Waals surface area contributed by atoms with Gasteiger partial charge < -0.3 is 14.9 Å². The first-order chi connectivity index (χ1) is 7.45. The Hall–Kier alpha value is -1.08. The smallest absolute Gasteiger partial charge is 0 e. The second-order valence-corrected chi connectivity index (χ2v) is 3.70. The second kappa shape index (κ2) is 7.38. The molecule has 0 fully saturated rings. The topological polar surface area (TPSA) is 0 Å². The summed E-state index contributed by atoms with van der Waals surface area (Å²) in [6.07, 6.45) is 0. The summed E-state index contributed by atoms with van der Waals surface area (Å²) >= 11 is 0. The molecule has 3 aromatic carbocycles. The van der Waals surface area contributed by atoms with Crippen molar-refractivity contribution < 1.29 is 25.8 Å². The van der Waals surface area contributed by atoms with Crippen molar-refractivity contribution in [3.8, 4) is 11.1 Å². The molecule has 3 rings (SSSR count). The predicted octanol–water partition coefficient (Wildman–Crippen LogP) is 5.12. The first kappa shape index (κ1) is 16.9. The Balaban J connectivity index is 0.000000963. The van der Waals surface area contributed by atoms with E-state index in [1.807, 2.05) is 0 Å². The van der Waals surface area contributed by atoms with E-state index < -0.39 is 0 Å². The molecule has 0 radical (unpaired) electrons. The molecule has 0 nitrogen and oxygen atoms in total. The van der Waals surface area contributed by atoms with Gasteiger partial charge in [-0.1, -0.05) is 42.0 Å². The molecule has 3 aromatic rings. The third-order valence-corrected chi connectivity index (χ3v) is 2.76. The molecule has 92 valence electrons. The van der Waals surface area contributed by atoms with Gasteiger partial charge in [-0.2, -0.15) is 12.1 Å². The van der Waals surface area contributed by atoms with E-state index in [-0.39, 0.29) is 40.7 Å². The van der Waals surface area contributed by atoms with E-state index in [9.17, 15) is 0 Å². The largest absolute Gasteiger partial charge is 0.358 e. The Morgan fingerprint density at radius 2 is 1.44 bits per heavy atom. The standard InChI is InChI=1S/C15H11.2CH3.Hf/c1-2-6-12(7-3-1)14-10-4-8-13-9-5-11-15(13)14;;;/h1-11H;2*1H3;/q3*-1;. The molecule has 0 aliphatic rings. The summed E-state index contributed by atoms with van der Waals surface area (Å²) in [5, 5.41) is 2.65. The fourth-order valence-corrected chi connectivity index (χ4v) is 2.03. The van der Waals surface area contributed by atoms with Crippen LogP contribution in [0.2, 0.25) is 0 Å². The van der Waals surface area contributed by atoms with Crippen LogP contribution in [0, 0.1) is 14.9 Å². The van der Waals surface area contributed by atoms with Crippen LogP contribution in [0.15, 0.2) is 66.7 Å². The zero-order valence-electron chi connectivity index (χ0n) is 10.9. The molecule has 0 heterocycles. The van der Waals surface area contributed by atoms with Crippen LogP contribution in [0.1, 0.15) is 0 Å². The maximum absolute atomic E-state index is 2.18. The summed E-state index contributed by atoms with van der Waals surface area (Å²) in [6, 6.07) is 23.4. The summed E-state index contributed by atoms with van der Waals surface area (Å²) in [5.41, 5.74) is 2.60. The van der Waals surface area contributed by atoms with Crippen LogP contribution >= 0.6 is 0 Å². The van der Waals surface area contributed by atoms with Gasteiger partial charge in [0.25, 0.3) is 0 Å². The van der Waals surface area contributed by atoms with E-state index in [1.54, 1.807) is 0 Å². The second-order valence-electron chi connectivity index (χ2n) is 3.70. The van der Waals surface area contributed by atoms with Gasteiger partial charge in [0, 0.05) is 25.8 Å². The monoisotopic (exact) mass is 401 g/mol. The fourth-order valence-electron chi connectivity index (χ4n) is 2.03. The molecule has 1 heteroatoms. The number of hydrogen-bond acceptors (Lipinski definition) is 0. The summed E-state index contributed by atoms with van der Waals surface area (Å²) in [7, 11) is 0. The van der Waals surface area contributed by atoms with Crippen molar-refractivity contribution in [2.24, 2.45) is 0 Å². The first-order valence-corrected chi connectivity index (χ1v) is 5.15. The van der Waals surface area contributed by atoms with Crippen LogP contribution in [-0.4, -0.2) is 0 Å². The first-order valence-electron chi connectivity index (χ1n) is 5.15. The van der Waals surface area contributed by atoms with Crippen LogP contribution in [0.5, 0.6) is 0 Å². The minimum atomic E-state index is 0. The molecular formula is C17H17Hf-3.